The molecule has 0 amide bonds. The summed E-state index contributed by atoms with van der Waals surface area (Å²) in [6, 6.07) is 6.06. The van der Waals surface area contributed by atoms with Crippen molar-refractivity contribution in [2.24, 2.45) is 0 Å². The van der Waals surface area contributed by atoms with E-state index in [1.54, 1.807) is 0 Å². The Balaban J connectivity index is 1.73. The van der Waals surface area contributed by atoms with E-state index in [9.17, 15) is 5.11 Å². The van der Waals surface area contributed by atoms with Gasteiger partial charge in [0.05, 0.1) is 18.8 Å². The normalized spacial score (nSPS) is 17.6. The third-order valence-corrected chi connectivity index (χ3v) is 4.60. The summed E-state index contributed by atoms with van der Waals surface area (Å²) in [4.78, 5) is 0. The molecule has 19 heavy (non-hydrogen) atoms. The summed E-state index contributed by atoms with van der Waals surface area (Å²) in [5, 5.41) is 13.2. The van der Waals surface area contributed by atoms with Gasteiger partial charge in [-0.15, -0.1) is 0 Å². The highest BCUT2D eigenvalue weighted by Gasteiger charge is 2.16. The first-order valence-electron chi connectivity index (χ1n) is 6.95. The summed E-state index contributed by atoms with van der Waals surface area (Å²) < 4.78 is 6.76. The number of hydrogen-bond acceptors (Lipinski definition) is 3. The van der Waals surface area contributed by atoms with Gasteiger partial charge in [0.15, 0.2) is 0 Å². The predicted molar refractivity (Wildman–Crippen MR) is 81.6 cm³/mol. The van der Waals surface area contributed by atoms with Crippen LogP contribution < -0.4 is 5.32 Å². The fourth-order valence-corrected chi connectivity index (χ4v) is 2.78. The molecule has 1 unspecified atom stereocenters. The van der Waals surface area contributed by atoms with E-state index in [1.165, 1.54) is 18.4 Å². The number of halogens is 1. The van der Waals surface area contributed by atoms with Crippen LogP contribution >= 0.6 is 15.9 Å². The summed E-state index contributed by atoms with van der Waals surface area (Å²) in [7, 11) is 0. The number of anilines is 1. The van der Waals surface area contributed by atoms with Gasteiger partial charge in [0.1, 0.15) is 0 Å². The lowest BCUT2D eigenvalue weighted by atomic mass is 10.2. The Morgan fingerprint density at radius 2 is 2.16 bits per heavy atom. The summed E-state index contributed by atoms with van der Waals surface area (Å²) in [5.74, 6) is 0. The number of ether oxygens (including phenoxy) is 1. The number of rotatable bonds is 6. The minimum atomic E-state index is -0.465. The smallest absolute Gasteiger partial charge is 0.0945 e. The Kier molecular flexibility index (Phi) is 5.67. The van der Waals surface area contributed by atoms with Crippen LogP contribution in [0.15, 0.2) is 22.7 Å². The first kappa shape index (κ1) is 14.8. The second kappa shape index (κ2) is 7.27. The molecule has 0 spiro atoms. The van der Waals surface area contributed by atoms with Crippen molar-refractivity contribution in [2.45, 2.75) is 44.8 Å². The van der Waals surface area contributed by atoms with Gasteiger partial charge in [0, 0.05) is 16.7 Å². The highest BCUT2D eigenvalue weighted by molar-refractivity contribution is 9.10. The quantitative estimate of drug-likeness (QED) is 0.840. The molecule has 2 rings (SSSR count). The molecule has 3 nitrogen and oxygen atoms in total. The van der Waals surface area contributed by atoms with Crippen molar-refractivity contribution in [2.75, 3.05) is 18.5 Å². The van der Waals surface area contributed by atoms with E-state index in [4.69, 9.17) is 4.74 Å². The molecule has 0 heterocycles. The molecule has 1 fully saturated rings. The fourth-order valence-electron chi connectivity index (χ4n) is 2.37. The van der Waals surface area contributed by atoms with E-state index in [-0.39, 0.29) is 0 Å². The summed E-state index contributed by atoms with van der Waals surface area (Å²) in [6.07, 6.45) is 4.70. The van der Waals surface area contributed by atoms with E-state index in [0.717, 1.165) is 23.0 Å². The predicted octanol–water partition coefficient (Wildman–Crippen LogP) is 3.49. The van der Waals surface area contributed by atoms with Crippen LogP contribution in [0.5, 0.6) is 0 Å². The standard InChI is InChI=1S/C15H22BrNO2/c1-11-5-4-8-14(15(11)16)17-9-12(18)10-19-13-6-2-3-7-13/h4-5,8,12-13,17-18H,2-3,6-7,9-10H2,1H3. The third-order valence-electron chi connectivity index (χ3n) is 3.55. The van der Waals surface area contributed by atoms with Crippen LogP contribution in [0.4, 0.5) is 5.69 Å². The van der Waals surface area contributed by atoms with Gasteiger partial charge in [0.25, 0.3) is 0 Å². The van der Waals surface area contributed by atoms with Crippen LogP contribution in [0.25, 0.3) is 0 Å². The van der Waals surface area contributed by atoms with Crippen molar-refractivity contribution < 1.29 is 9.84 Å². The maximum absolute atomic E-state index is 9.93. The number of hydrogen-bond donors (Lipinski definition) is 2. The Bertz CT molecular complexity index is 405. The number of nitrogens with one attached hydrogen (secondary N) is 1. The molecular weight excluding hydrogens is 306 g/mol. The van der Waals surface area contributed by atoms with Gasteiger partial charge in [-0.3, -0.25) is 0 Å². The van der Waals surface area contributed by atoms with Crippen LogP contribution in [-0.4, -0.2) is 30.5 Å². The molecule has 1 aliphatic rings. The number of aryl methyl sites for hydroxylation is 1. The number of aliphatic hydroxyl groups excluding tert-OH is 1. The monoisotopic (exact) mass is 327 g/mol. The van der Waals surface area contributed by atoms with Gasteiger partial charge >= 0.3 is 0 Å². The molecule has 1 atom stereocenters. The lowest BCUT2D eigenvalue weighted by Gasteiger charge is -2.17. The van der Waals surface area contributed by atoms with Crippen molar-refractivity contribution in [3.63, 3.8) is 0 Å². The highest BCUT2D eigenvalue weighted by atomic mass is 79.9. The molecule has 0 aromatic heterocycles. The summed E-state index contributed by atoms with van der Waals surface area (Å²) >= 11 is 3.55. The molecule has 1 aromatic rings. The molecule has 2 N–H and O–H groups in total. The fraction of sp³-hybridized carbons (Fsp3) is 0.600. The molecule has 1 aliphatic carbocycles. The maximum Gasteiger partial charge on any atom is 0.0945 e. The average Bonchev–Trinajstić information content (AvgIpc) is 2.91. The molecular formula is C15H22BrNO2. The molecule has 1 saturated carbocycles. The molecule has 0 bridgehead atoms. The van der Waals surface area contributed by atoms with Crippen LogP contribution in [0.3, 0.4) is 0 Å². The van der Waals surface area contributed by atoms with Gasteiger partial charge in [0.2, 0.25) is 0 Å². The van der Waals surface area contributed by atoms with Gasteiger partial charge in [-0.2, -0.15) is 0 Å². The van der Waals surface area contributed by atoms with Crippen molar-refractivity contribution in [3.8, 4) is 0 Å². The Labute approximate surface area is 123 Å². The zero-order chi connectivity index (χ0) is 13.7. The second-order valence-electron chi connectivity index (χ2n) is 5.21. The van der Waals surface area contributed by atoms with Crippen molar-refractivity contribution in [1.82, 2.24) is 0 Å². The Morgan fingerprint density at radius 1 is 1.42 bits per heavy atom. The van der Waals surface area contributed by atoms with Gasteiger partial charge in [-0.05, 0) is 47.3 Å². The van der Waals surface area contributed by atoms with E-state index >= 15 is 0 Å². The minimum absolute atomic E-state index is 0.361. The topological polar surface area (TPSA) is 41.5 Å². The van der Waals surface area contributed by atoms with Gasteiger partial charge in [-0.25, -0.2) is 0 Å². The number of aliphatic hydroxyl groups is 1. The molecule has 0 saturated heterocycles. The first-order chi connectivity index (χ1) is 9.16. The molecule has 0 radical (unpaired) electrons. The SMILES string of the molecule is Cc1cccc(NCC(O)COC2CCCC2)c1Br. The van der Waals surface area contributed by atoms with Crippen molar-refractivity contribution >= 4 is 21.6 Å². The minimum Gasteiger partial charge on any atom is -0.389 e. The van der Waals surface area contributed by atoms with Crippen molar-refractivity contribution in [3.05, 3.63) is 28.2 Å². The Hall–Kier alpha value is -0.580. The highest BCUT2D eigenvalue weighted by Crippen LogP contribution is 2.25. The molecule has 0 aliphatic heterocycles. The summed E-state index contributed by atoms with van der Waals surface area (Å²) in [5.41, 5.74) is 2.20. The maximum atomic E-state index is 9.93. The molecule has 1 aromatic carbocycles. The van der Waals surface area contributed by atoms with E-state index < -0.39 is 6.10 Å². The Morgan fingerprint density at radius 3 is 2.89 bits per heavy atom. The molecule has 106 valence electrons. The lowest BCUT2D eigenvalue weighted by Crippen LogP contribution is -2.27. The van der Waals surface area contributed by atoms with Gasteiger partial charge < -0.3 is 15.2 Å². The third kappa shape index (κ3) is 4.48. The van der Waals surface area contributed by atoms with Crippen LogP contribution in [0.1, 0.15) is 31.2 Å². The van der Waals surface area contributed by atoms with E-state index in [1.807, 2.05) is 12.1 Å². The molecule has 4 heteroatoms. The van der Waals surface area contributed by atoms with Crippen LogP contribution in [0.2, 0.25) is 0 Å². The van der Waals surface area contributed by atoms with Crippen LogP contribution in [0, 0.1) is 6.92 Å². The van der Waals surface area contributed by atoms with Crippen molar-refractivity contribution in [1.29, 1.82) is 0 Å². The van der Waals surface area contributed by atoms with E-state index in [0.29, 0.717) is 19.3 Å². The van der Waals surface area contributed by atoms with E-state index in [2.05, 4.69) is 34.2 Å². The summed E-state index contributed by atoms with van der Waals surface area (Å²) in [6.45, 7) is 2.98. The lowest BCUT2D eigenvalue weighted by molar-refractivity contribution is -0.00117. The zero-order valence-corrected chi connectivity index (χ0v) is 12.9. The number of benzene rings is 1. The zero-order valence-electron chi connectivity index (χ0n) is 11.4. The van der Waals surface area contributed by atoms with Gasteiger partial charge in [-0.1, -0.05) is 25.0 Å². The largest absolute Gasteiger partial charge is 0.389 e. The van der Waals surface area contributed by atoms with Crippen LogP contribution in [-0.2, 0) is 4.74 Å². The average molecular weight is 328 g/mol. The second-order valence-corrected chi connectivity index (χ2v) is 6.00. The first-order valence-corrected chi connectivity index (χ1v) is 7.75.